The fourth-order valence-corrected chi connectivity index (χ4v) is 13.1. The lowest BCUT2D eigenvalue weighted by molar-refractivity contribution is 0.0686. The van der Waals surface area contributed by atoms with E-state index in [1.165, 1.54) is 66.2 Å². The van der Waals surface area contributed by atoms with Crippen LogP contribution in [0.25, 0.3) is 6.08 Å². The van der Waals surface area contributed by atoms with Crippen molar-refractivity contribution in [3.63, 3.8) is 0 Å². The lowest BCUT2D eigenvalue weighted by Crippen LogP contribution is -2.24. The van der Waals surface area contributed by atoms with Crippen LogP contribution in [0.4, 0.5) is 17.6 Å². The number of carboxylic acids is 2. The van der Waals surface area contributed by atoms with Gasteiger partial charge in [0.15, 0.2) is 23.1 Å². The molecule has 14 rings (SSSR count). The minimum atomic E-state index is -0.974. The first-order valence-electron chi connectivity index (χ1n) is 35.0. The van der Waals surface area contributed by atoms with Gasteiger partial charge in [0.2, 0.25) is 0 Å². The number of hydrogen-bond acceptors (Lipinski definition) is 10. The molecule has 0 amide bonds. The number of carbonyl (C=O) groups is 6. The molecule has 10 aromatic carbocycles. The molecule has 0 saturated heterocycles. The highest BCUT2D eigenvalue weighted by molar-refractivity contribution is 9.09. The summed E-state index contributed by atoms with van der Waals surface area (Å²) in [6, 6.07) is 60.7. The fraction of sp³-hybridized carbons (Fsp3) is 0.227. The molecule has 10 aromatic rings. The summed E-state index contributed by atoms with van der Waals surface area (Å²) in [4.78, 5) is 70.9. The number of aromatic carboxylic acids is 2. The van der Waals surface area contributed by atoms with E-state index in [1.807, 2.05) is 48.5 Å². The number of carbonyl (C=O) groups excluding carboxylic acids is 4. The van der Waals surface area contributed by atoms with Gasteiger partial charge >= 0.3 is 11.9 Å². The lowest BCUT2D eigenvalue weighted by atomic mass is 9.79. The van der Waals surface area contributed by atoms with E-state index < -0.39 is 11.9 Å². The molecule has 0 fully saturated rings. The Morgan fingerprint density at radius 2 is 0.790 bits per heavy atom. The number of rotatable bonds is 19. The molecule has 0 saturated carbocycles. The van der Waals surface area contributed by atoms with Gasteiger partial charge in [0.05, 0.1) is 30.9 Å². The van der Waals surface area contributed by atoms with Crippen molar-refractivity contribution in [1.82, 2.24) is 0 Å². The summed E-state index contributed by atoms with van der Waals surface area (Å²) in [5.41, 5.74) is 14.2. The van der Waals surface area contributed by atoms with Gasteiger partial charge in [-0.15, -0.1) is 0 Å². The fourth-order valence-electron chi connectivity index (χ4n) is 12.7. The number of allylic oxidation sites excluding steroid dienone is 1. The van der Waals surface area contributed by atoms with Crippen LogP contribution in [0, 0.1) is 29.2 Å². The molecule has 0 aliphatic heterocycles. The SMILES string of the molecule is Fc1ccc(CCBr)cc1.O=C(O)c1ccc(/C=C2\CCc3cc(OCCc4ccc(F)cc4)ccc3C2=O)cc1.O=C(O)c1ccc(CC2CCc3cc(OCCc4ccc(F)cc4)ccc3C2=O)cc1.O=C1CCCc2cc(O)ccc21.O=C1CCCc2cc(OCCc3ccc(F)cc3)ccc21. The molecule has 3 N–H and O–H groups in total. The minimum Gasteiger partial charge on any atom is -0.508 e. The molecular weight excluding hydrogens is 1400 g/mol. The molecule has 1 atom stereocenters. The first-order chi connectivity index (χ1) is 50.8. The predicted octanol–water partition coefficient (Wildman–Crippen LogP) is 19.1. The summed E-state index contributed by atoms with van der Waals surface area (Å²) in [5, 5.41) is 28.1. The molecular formula is C88H79BrF4O12. The average Bonchev–Trinajstić information content (AvgIpc) is 0.810. The summed E-state index contributed by atoms with van der Waals surface area (Å²) in [7, 11) is 0. The van der Waals surface area contributed by atoms with E-state index >= 15 is 0 Å². The summed E-state index contributed by atoms with van der Waals surface area (Å²) in [5.74, 6) is 0.117. The maximum absolute atomic E-state index is 13.0. The van der Waals surface area contributed by atoms with Gasteiger partial charge in [0.1, 0.15) is 46.3 Å². The number of alkyl halides is 1. The standard InChI is InChI=1S/C26H23FO4.C26H21FO4.C18H17FO2.C10H10O2.C8H8BrF/c2*27-22-9-3-17(4-10-22)13-14-31-23-11-12-24-20(16-23)7-8-21(25(24)28)15-18-1-5-19(6-2-18)26(29)30;19-15-6-4-13(5-7-15)10-11-21-16-8-9-17-14(12-16)2-1-3-18(17)20;11-8-4-5-9-7(6-8)2-1-3-10(9)12;9-6-5-7-1-3-8(10)4-2-7/h1-6,9-12,16,21H,7-8,13-15H2,(H,29,30);1-6,9-12,15-16H,7-8,13-14H2,(H,29,30);4-9,12H,1-3,10-11H2;4-6,11H,1-3H2;1-4H,5-6H2/b;21-15+;;;. The number of aryl methyl sites for hydroxylation is 5. The van der Waals surface area contributed by atoms with E-state index in [2.05, 4.69) is 15.9 Å². The third kappa shape index (κ3) is 22.7. The van der Waals surface area contributed by atoms with E-state index in [1.54, 1.807) is 115 Å². The largest absolute Gasteiger partial charge is 0.508 e. The third-order valence-electron chi connectivity index (χ3n) is 18.4. The quantitative estimate of drug-likeness (QED) is 0.0395. The average molecular weight is 1480 g/mol. The normalized spacial score (nSPS) is 14.3. The van der Waals surface area contributed by atoms with Gasteiger partial charge in [0, 0.05) is 71.2 Å². The molecule has 4 aliphatic rings. The number of phenols is 1. The van der Waals surface area contributed by atoms with Gasteiger partial charge < -0.3 is 29.5 Å². The monoisotopic (exact) mass is 1480 g/mol. The number of ketones is 4. The van der Waals surface area contributed by atoms with Gasteiger partial charge in [-0.2, -0.15) is 0 Å². The van der Waals surface area contributed by atoms with Crippen LogP contribution < -0.4 is 14.2 Å². The zero-order valence-electron chi connectivity index (χ0n) is 57.8. The number of Topliss-reactive ketones (excluding diaryl/α,β-unsaturated/α-hetero) is 4. The summed E-state index contributed by atoms with van der Waals surface area (Å²) in [6.07, 6.45) is 13.4. The Kier molecular flexibility index (Phi) is 27.7. The summed E-state index contributed by atoms with van der Waals surface area (Å²) < 4.78 is 68.5. The number of ether oxygens (including phenoxy) is 3. The van der Waals surface area contributed by atoms with Crippen molar-refractivity contribution in [3.8, 4) is 23.0 Å². The second-order valence-corrected chi connectivity index (χ2v) is 26.6. The van der Waals surface area contributed by atoms with E-state index in [0.29, 0.717) is 75.2 Å². The molecule has 0 bridgehead atoms. The number of halogens is 5. The highest BCUT2D eigenvalue weighted by Crippen LogP contribution is 2.33. The Morgan fingerprint density at radius 3 is 1.24 bits per heavy atom. The highest BCUT2D eigenvalue weighted by atomic mass is 79.9. The molecule has 105 heavy (non-hydrogen) atoms. The minimum absolute atomic E-state index is 0.0126. The van der Waals surface area contributed by atoms with Crippen LogP contribution in [-0.4, -0.2) is 75.5 Å². The van der Waals surface area contributed by atoms with Crippen molar-refractivity contribution in [2.75, 3.05) is 25.2 Å². The van der Waals surface area contributed by atoms with Gasteiger partial charge in [0.25, 0.3) is 0 Å². The first-order valence-corrected chi connectivity index (χ1v) is 36.1. The second kappa shape index (κ2) is 37.9. The second-order valence-electron chi connectivity index (χ2n) is 25.8. The molecule has 0 heterocycles. The van der Waals surface area contributed by atoms with Crippen LogP contribution in [0.1, 0.15) is 156 Å². The summed E-state index contributed by atoms with van der Waals surface area (Å²) >= 11 is 3.31. The predicted molar refractivity (Wildman–Crippen MR) is 400 cm³/mol. The third-order valence-corrected chi connectivity index (χ3v) is 18.8. The zero-order valence-corrected chi connectivity index (χ0v) is 59.4. The van der Waals surface area contributed by atoms with E-state index in [0.717, 1.165) is 141 Å². The molecule has 0 radical (unpaired) electrons. The molecule has 4 aliphatic carbocycles. The van der Waals surface area contributed by atoms with Crippen molar-refractivity contribution in [2.45, 2.75) is 96.3 Å². The van der Waals surface area contributed by atoms with Crippen LogP contribution in [0.15, 0.2) is 224 Å². The van der Waals surface area contributed by atoms with Crippen LogP contribution in [-0.2, 0) is 57.8 Å². The van der Waals surface area contributed by atoms with Gasteiger partial charge in [-0.05, 0) is 272 Å². The van der Waals surface area contributed by atoms with Crippen molar-refractivity contribution in [2.24, 2.45) is 5.92 Å². The van der Waals surface area contributed by atoms with E-state index in [-0.39, 0.29) is 69.2 Å². The number of benzene rings is 10. The highest BCUT2D eigenvalue weighted by Gasteiger charge is 2.29. The maximum Gasteiger partial charge on any atom is 0.335 e. The van der Waals surface area contributed by atoms with Crippen LogP contribution in [0.3, 0.4) is 0 Å². The van der Waals surface area contributed by atoms with Gasteiger partial charge in [-0.3, -0.25) is 19.2 Å². The molecule has 17 heteroatoms. The summed E-state index contributed by atoms with van der Waals surface area (Å²) in [6.45, 7) is 1.49. The topological polar surface area (TPSA) is 191 Å². The Labute approximate surface area is 616 Å². The Hall–Kier alpha value is -11.0. The maximum atomic E-state index is 13.0. The van der Waals surface area contributed by atoms with Crippen molar-refractivity contribution >= 4 is 57.1 Å². The number of aromatic hydroxyl groups is 1. The number of hydrogen-bond donors (Lipinski definition) is 3. The van der Waals surface area contributed by atoms with Crippen molar-refractivity contribution in [1.29, 1.82) is 0 Å². The van der Waals surface area contributed by atoms with E-state index in [4.69, 9.17) is 29.5 Å². The van der Waals surface area contributed by atoms with Crippen molar-refractivity contribution < 1.29 is 75.9 Å². The van der Waals surface area contributed by atoms with Gasteiger partial charge in [-0.25, -0.2) is 27.2 Å². The van der Waals surface area contributed by atoms with Crippen LogP contribution in [0.2, 0.25) is 0 Å². The van der Waals surface area contributed by atoms with Crippen molar-refractivity contribution in [3.05, 3.63) is 336 Å². The van der Waals surface area contributed by atoms with E-state index in [9.17, 15) is 46.3 Å². The Morgan fingerprint density at radius 1 is 0.410 bits per heavy atom. The zero-order chi connectivity index (χ0) is 74.2. The first kappa shape index (κ1) is 76.6. The molecule has 538 valence electrons. The van der Waals surface area contributed by atoms with Crippen LogP contribution in [0.5, 0.6) is 23.0 Å². The number of carboxylic acid groups (broad SMARTS) is 2. The Bertz CT molecular complexity index is 4690. The van der Waals surface area contributed by atoms with Gasteiger partial charge in [-0.1, -0.05) is 88.7 Å². The lowest BCUT2D eigenvalue weighted by Gasteiger charge is -2.24. The molecule has 0 spiro atoms. The Balaban J connectivity index is 0.000000149. The number of phenolic OH excluding ortho intramolecular Hbond substituents is 1. The molecule has 1 unspecified atom stereocenters. The smallest absolute Gasteiger partial charge is 0.335 e. The molecule has 12 nitrogen and oxygen atoms in total. The molecule has 0 aromatic heterocycles. The van der Waals surface area contributed by atoms with Crippen LogP contribution >= 0.6 is 15.9 Å². The number of fused-ring (bicyclic) bond motifs is 4.